The monoisotopic (exact) mass is 288 g/mol. The number of anilines is 2. The molecule has 1 aromatic carbocycles. The van der Waals surface area contributed by atoms with Crippen molar-refractivity contribution in [3.8, 4) is 0 Å². The van der Waals surface area contributed by atoms with E-state index in [0.29, 0.717) is 5.95 Å². The van der Waals surface area contributed by atoms with Gasteiger partial charge in [0.1, 0.15) is 5.82 Å². The van der Waals surface area contributed by atoms with E-state index < -0.39 is 11.7 Å². The predicted molar refractivity (Wildman–Crippen MR) is 79.8 cm³/mol. The smallest absolute Gasteiger partial charge is 0.258 e. The van der Waals surface area contributed by atoms with Crippen molar-refractivity contribution in [2.24, 2.45) is 0 Å². The Labute approximate surface area is 122 Å². The third kappa shape index (κ3) is 4.24. The fourth-order valence-corrected chi connectivity index (χ4v) is 1.67. The van der Waals surface area contributed by atoms with E-state index in [1.165, 1.54) is 24.5 Å². The van der Waals surface area contributed by atoms with Gasteiger partial charge in [-0.1, -0.05) is 25.5 Å². The van der Waals surface area contributed by atoms with Crippen LogP contribution in [0.3, 0.4) is 0 Å². The number of unbranched alkanes of at least 4 members (excludes halogenated alkanes) is 1. The zero-order valence-corrected chi connectivity index (χ0v) is 11.8. The largest absolute Gasteiger partial charge is 0.354 e. The van der Waals surface area contributed by atoms with Gasteiger partial charge < -0.3 is 10.6 Å². The number of carbonyl (C=O) groups excluding carboxylic acids is 1. The molecule has 0 radical (unpaired) electrons. The molecule has 0 aliphatic rings. The van der Waals surface area contributed by atoms with Gasteiger partial charge in [-0.05, 0) is 18.6 Å². The van der Waals surface area contributed by atoms with Crippen LogP contribution in [-0.2, 0) is 0 Å². The summed E-state index contributed by atoms with van der Waals surface area (Å²) in [7, 11) is 0. The van der Waals surface area contributed by atoms with E-state index >= 15 is 0 Å². The number of para-hydroxylation sites is 1. The summed E-state index contributed by atoms with van der Waals surface area (Å²) < 4.78 is 13.4. The van der Waals surface area contributed by atoms with E-state index in [9.17, 15) is 9.18 Å². The van der Waals surface area contributed by atoms with Crippen LogP contribution in [0.15, 0.2) is 36.7 Å². The Hall–Kier alpha value is -2.50. The van der Waals surface area contributed by atoms with Crippen molar-refractivity contribution in [1.82, 2.24) is 9.97 Å². The van der Waals surface area contributed by atoms with E-state index in [1.54, 1.807) is 12.1 Å². The van der Waals surface area contributed by atoms with Crippen molar-refractivity contribution in [3.63, 3.8) is 0 Å². The number of aromatic nitrogens is 2. The molecular weight excluding hydrogens is 271 g/mol. The zero-order chi connectivity index (χ0) is 15.1. The van der Waals surface area contributed by atoms with Crippen molar-refractivity contribution in [2.75, 3.05) is 17.2 Å². The topological polar surface area (TPSA) is 66.9 Å². The summed E-state index contributed by atoms with van der Waals surface area (Å²) in [5, 5.41) is 5.54. The van der Waals surface area contributed by atoms with Crippen molar-refractivity contribution in [3.05, 3.63) is 48.0 Å². The minimum absolute atomic E-state index is 0.132. The molecule has 0 unspecified atom stereocenters. The van der Waals surface area contributed by atoms with Crippen LogP contribution in [0.25, 0.3) is 0 Å². The maximum Gasteiger partial charge on any atom is 0.258 e. The van der Waals surface area contributed by atoms with Gasteiger partial charge >= 0.3 is 0 Å². The average molecular weight is 288 g/mol. The number of hydrogen-bond donors (Lipinski definition) is 2. The Morgan fingerprint density at radius 3 is 2.62 bits per heavy atom. The van der Waals surface area contributed by atoms with Crippen molar-refractivity contribution >= 4 is 17.5 Å². The van der Waals surface area contributed by atoms with Gasteiger partial charge in [0.05, 0.1) is 11.3 Å². The first-order chi connectivity index (χ1) is 10.2. The summed E-state index contributed by atoms with van der Waals surface area (Å²) in [6.45, 7) is 2.88. The highest BCUT2D eigenvalue weighted by atomic mass is 19.1. The van der Waals surface area contributed by atoms with E-state index in [0.717, 1.165) is 19.4 Å². The van der Waals surface area contributed by atoms with E-state index in [4.69, 9.17) is 0 Å². The van der Waals surface area contributed by atoms with E-state index in [-0.39, 0.29) is 11.3 Å². The molecule has 21 heavy (non-hydrogen) atoms. The van der Waals surface area contributed by atoms with Crippen LogP contribution in [0.5, 0.6) is 0 Å². The summed E-state index contributed by atoms with van der Waals surface area (Å²) in [4.78, 5) is 20.1. The van der Waals surface area contributed by atoms with Crippen molar-refractivity contribution in [2.45, 2.75) is 19.8 Å². The number of carbonyl (C=O) groups is 1. The molecule has 2 rings (SSSR count). The third-order valence-electron chi connectivity index (χ3n) is 2.85. The quantitative estimate of drug-likeness (QED) is 0.802. The Balaban J connectivity index is 1.98. The Morgan fingerprint density at radius 2 is 1.95 bits per heavy atom. The second-order valence-corrected chi connectivity index (χ2v) is 4.51. The molecule has 1 amide bonds. The van der Waals surface area contributed by atoms with Crippen molar-refractivity contribution < 1.29 is 9.18 Å². The normalized spacial score (nSPS) is 10.2. The lowest BCUT2D eigenvalue weighted by atomic mass is 10.2. The SMILES string of the molecule is CCCCNc1ncc(C(=O)Nc2ccccc2F)cn1. The fraction of sp³-hybridized carbons (Fsp3) is 0.267. The second kappa shape index (κ2) is 7.33. The van der Waals surface area contributed by atoms with Crippen LogP contribution in [-0.4, -0.2) is 22.4 Å². The molecule has 2 N–H and O–H groups in total. The summed E-state index contributed by atoms with van der Waals surface area (Å²) in [6.07, 6.45) is 4.93. The highest BCUT2D eigenvalue weighted by Crippen LogP contribution is 2.13. The number of nitrogens with zero attached hydrogens (tertiary/aromatic N) is 2. The van der Waals surface area contributed by atoms with Crippen LogP contribution in [0, 0.1) is 5.82 Å². The van der Waals surface area contributed by atoms with Crippen LogP contribution in [0.4, 0.5) is 16.0 Å². The Morgan fingerprint density at radius 1 is 1.24 bits per heavy atom. The molecule has 0 saturated carbocycles. The van der Waals surface area contributed by atoms with Gasteiger partial charge in [-0.15, -0.1) is 0 Å². The second-order valence-electron chi connectivity index (χ2n) is 4.51. The minimum Gasteiger partial charge on any atom is -0.354 e. The van der Waals surface area contributed by atoms with Gasteiger partial charge in [0.15, 0.2) is 0 Å². The first kappa shape index (κ1) is 14.9. The highest BCUT2D eigenvalue weighted by molar-refractivity contribution is 6.03. The number of benzene rings is 1. The summed E-state index contributed by atoms with van der Waals surface area (Å²) in [5.74, 6) is -0.448. The molecule has 0 bridgehead atoms. The van der Waals surface area contributed by atoms with Gasteiger partial charge in [0.25, 0.3) is 5.91 Å². The fourth-order valence-electron chi connectivity index (χ4n) is 1.67. The standard InChI is InChI=1S/C15H17FN4O/c1-2-3-8-17-15-18-9-11(10-19-15)14(21)20-13-7-5-4-6-12(13)16/h4-7,9-10H,2-3,8H2,1H3,(H,20,21)(H,17,18,19). The van der Waals surface area contributed by atoms with Crippen LogP contribution < -0.4 is 10.6 Å². The lowest BCUT2D eigenvalue weighted by molar-refractivity contribution is 0.102. The lowest BCUT2D eigenvalue weighted by Gasteiger charge is -2.07. The number of rotatable bonds is 6. The third-order valence-corrected chi connectivity index (χ3v) is 2.85. The summed E-state index contributed by atoms with van der Waals surface area (Å²) >= 11 is 0. The van der Waals surface area contributed by atoms with E-state index in [1.807, 2.05) is 0 Å². The first-order valence-corrected chi connectivity index (χ1v) is 6.82. The Bertz CT molecular complexity index is 601. The predicted octanol–water partition coefficient (Wildman–Crippen LogP) is 3.08. The Kier molecular flexibility index (Phi) is 5.20. The average Bonchev–Trinajstić information content (AvgIpc) is 2.50. The number of amides is 1. The van der Waals surface area contributed by atoms with Crippen molar-refractivity contribution in [1.29, 1.82) is 0 Å². The zero-order valence-electron chi connectivity index (χ0n) is 11.8. The lowest BCUT2D eigenvalue weighted by Crippen LogP contribution is -2.14. The van der Waals surface area contributed by atoms with Gasteiger partial charge in [-0.3, -0.25) is 4.79 Å². The van der Waals surface area contributed by atoms with E-state index in [2.05, 4.69) is 27.5 Å². The minimum atomic E-state index is -0.482. The number of hydrogen-bond acceptors (Lipinski definition) is 4. The van der Waals surface area contributed by atoms with Gasteiger partial charge in [-0.25, -0.2) is 14.4 Å². The maximum atomic E-state index is 13.4. The number of halogens is 1. The van der Waals surface area contributed by atoms with Gasteiger partial charge in [0.2, 0.25) is 5.95 Å². The van der Waals surface area contributed by atoms with Crippen LogP contribution in [0.2, 0.25) is 0 Å². The summed E-state index contributed by atoms with van der Waals surface area (Å²) in [5.41, 5.74) is 0.409. The molecule has 1 aromatic heterocycles. The van der Waals surface area contributed by atoms with Gasteiger partial charge in [0, 0.05) is 18.9 Å². The molecule has 0 saturated heterocycles. The summed E-state index contributed by atoms with van der Waals surface area (Å²) in [6, 6.07) is 5.99. The molecular formula is C15H17FN4O. The molecule has 110 valence electrons. The maximum absolute atomic E-state index is 13.4. The van der Waals surface area contributed by atoms with Crippen LogP contribution in [0.1, 0.15) is 30.1 Å². The molecule has 1 heterocycles. The molecule has 0 atom stereocenters. The molecule has 0 aliphatic carbocycles. The molecule has 0 aliphatic heterocycles. The van der Waals surface area contributed by atoms with Crippen LogP contribution >= 0.6 is 0 Å². The molecule has 5 nitrogen and oxygen atoms in total. The molecule has 0 fully saturated rings. The van der Waals surface area contributed by atoms with Gasteiger partial charge in [-0.2, -0.15) is 0 Å². The molecule has 0 spiro atoms. The molecule has 6 heteroatoms. The number of nitrogens with one attached hydrogen (secondary N) is 2. The molecule has 2 aromatic rings. The first-order valence-electron chi connectivity index (χ1n) is 6.82. The highest BCUT2D eigenvalue weighted by Gasteiger charge is 2.09.